The van der Waals surface area contributed by atoms with Crippen LogP contribution in [0.25, 0.3) is 0 Å². The Hall–Kier alpha value is 1.58. The van der Waals surface area contributed by atoms with Gasteiger partial charge in [0.1, 0.15) is 0 Å². The van der Waals surface area contributed by atoms with Crippen LogP contribution in [0, 0.1) is 5.34 Å². The molecule has 0 atom stereocenters. The molecule has 0 radical (unpaired) electrons. The molecule has 0 unspecified atom stereocenters. The molecular formula is CHCl2Na. The molecule has 0 spiro atoms. The summed E-state index contributed by atoms with van der Waals surface area (Å²) in [5.41, 5.74) is 0. The fraction of sp³-hybridized carbons (Fsp3) is 0. The second-order valence-corrected chi connectivity index (χ2v) is 0.742. The first kappa shape index (κ1) is 9.13. The molecule has 20 valence electrons. The fourth-order valence-electron chi connectivity index (χ4n) is 0. The van der Waals surface area contributed by atoms with Gasteiger partial charge < -0.3 is 23.2 Å². The molecule has 0 aliphatic carbocycles. The summed E-state index contributed by atoms with van der Waals surface area (Å²) in [5, 5.41) is 0.944. The molecule has 0 fully saturated rings. The van der Waals surface area contributed by atoms with Gasteiger partial charge in [-0.2, -0.15) is 5.34 Å². The van der Waals surface area contributed by atoms with Crippen LogP contribution in [0.1, 0.15) is 0 Å². The van der Waals surface area contributed by atoms with Gasteiger partial charge in [-0.3, -0.25) is 0 Å². The minimum absolute atomic E-state index is 0. The number of rotatable bonds is 0. The summed E-state index contributed by atoms with van der Waals surface area (Å²) in [6.45, 7) is 0. The monoisotopic (exact) mass is 106 g/mol. The van der Waals surface area contributed by atoms with Crippen molar-refractivity contribution in [1.82, 2.24) is 0 Å². The quantitative estimate of drug-likeness (QED) is 0.263. The Bertz CT molecular complexity index is 6.00. The van der Waals surface area contributed by atoms with E-state index in [9.17, 15) is 0 Å². The second-order valence-electron chi connectivity index (χ2n) is 0.0825. The van der Waals surface area contributed by atoms with Gasteiger partial charge in [0.15, 0.2) is 0 Å². The number of halogens is 2. The van der Waals surface area contributed by atoms with Gasteiger partial charge in [-0.15, -0.1) is 0 Å². The van der Waals surface area contributed by atoms with Crippen LogP contribution >= 0.6 is 23.2 Å². The molecule has 0 aromatic carbocycles. The van der Waals surface area contributed by atoms with E-state index >= 15 is 0 Å². The molecule has 0 saturated heterocycles. The van der Waals surface area contributed by atoms with Crippen molar-refractivity contribution in [2.24, 2.45) is 0 Å². The fourth-order valence-corrected chi connectivity index (χ4v) is 0. The van der Waals surface area contributed by atoms with Crippen LogP contribution in [0.5, 0.6) is 0 Å². The van der Waals surface area contributed by atoms with Crippen LogP contribution in [-0.2, 0) is 0 Å². The molecule has 0 rings (SSSR count). The minimum Gasteiger partial charge on any atom is -0.333 e. The van der Waals surface area contributed by atoms with Crippen molar-refractivity contribution in [2.45, 2.75) is 0 Å². The second kappa shape index (κ2) is 8.82. The first-order valence-electron chi connectivity index (χ1n) is 0.436. The molecule has 0 aliphatic heterocycles. The van der Waals surface area contributed by atoms with Gasteiger partial charge in [0.25, 0.3) is 0 Å². The van der Waals surface area contributed by atoms with Crippen LogP contribution in [0.15, 0.2) is 0 Å². The Kier molecular flexibility index (Phi) is 20.1. The van der Waals surface area contributed by atoms with Crippen molar-refractivity contribution < 1.29 is 29.6 Å². The molecular weight excluding hydrogens is 106 g/mol. The van der Waals surface area contributed by atoms with E-state index in [1.165, 1.54) is 0 Å². The van der Waals surface area contributed by atoms with Crippen molar-refractivity contribution in [3.8, 4) is 0 Å². The predicted molar refractivity (Wildman–Crippen MR) is 16.0 cm³/mol. The van der Waals surface area contributed by atoms with E-state index < -0.39 is 0 Å². The largest absolute Gasteiger partial charge is 1.00 e. The SMILES string of the molecule is Cl[CH-]Cl.[Na+]. The summed E-state index contributed by atoms with van der Waals surface area (Å²) >= 11 is 9.28. The molecule has 0 heterocycles. The van der Waals surface area contributed by atoms with Crippen molar-refractivity contribution in [3.63, 3.8) is 0 Å². The Morgan fingerprint density at radius 2 is 1.25 bits per heavy atom. The first-order chi connectivity index (χ1) is 1.41. The summed E-state index contributed by atoms with van der Waals surface area (Å²) in [7, 11) is 0. The van der Waals surface area contributed by atoms with Crippen molar-refractivity contribution in [3.05, 3.63) is 5.34 Å². The number of hydrogen-bond acceptors (Lipinski definition) is 0. The summed E-state index contributed by atoms with van der Waals surface area (Å²) in [6, 6.07) is 0. The molecule has 3 heteroatoms. The molecule has 0 N–H and O–H groups in total. The van der Waals surface area contributed by atoms with E-state index in [0.29, 0.717) is 0 Å². The van der Waals surface area contributed by atoms with Crippen LogP contribution in [0.4, 0.5) is 0 Å². The van der Waals surface area contributed by atoms with E-state index in [1.54, 1.807) is 0 Å². The van der Waals surface area contributed by atoms with E-state index in [1.807, 2.05) is 0 Å². The minimum atomic E-state index is 0. The first-order valence-corrected chi connectivity index (χ1v) is 1.31. The predicted octanol–water partition coefficient (Wildman–Crippen LogP) is -1.41. The van der Waals surface area contributed by atoms with Crippen LogP contribution in [-0.4, -0.2) is 0 Å². The van der Waals surface area contributed by atoms with Gasteiger partial charge in [0.2, 0.25) is 0 Å². The molecule has 0 aliphatic rings. The molecule has 0 bridgehead atoms. The molecule has 0 saturated carbocycles. The van der Waals surface area contributed by atoms with Crippen molar-refractivity contribution >= 4 is 23.2 Å². The summed E-state index contributed by atoms with van der Waals surface area (Å²) in [5.74, 6) is 0. The van der Waals surface area contributed by atoms with E-state index in [2.05, 4.69) is 23.2 Å². The van der Waals surface area contributed by atoms with Crippen molar-refractivity contribution in [1.29, 1.82) is 0 Å². The van der Waals surface area contributed by atoms with E-state index in [-0.39, 0.29) is 29.6 Å². The normalized spacial score (nSPS) is 4.50. The Morgan fingerprint density at radius 3 is 1.25 bits per heavy atom. The van der Waals surface area contributed by atoms with Crippen LogP contribution < -0.4 is 29.6 Å². The topological polar surface area (TPSA) is 0 Å². The maximum atomic E-state index is 4.64. The standard InChI is InChI=1S/CHCl2.Na/c2-1-3;/h1H;/q-1;+1. The molecule has 0 aromatic rings. The Balaban J connectivity index is 0. The third kappa shape index (κ3) is 9.55. The van der Waals surface area contributed by atoms with E-state index in [0.717, 1.165) is 5.34 Å². The molecule has 4 heavy (non-hydrogen) atoms. The van der Waals surface area contributed by atoms with Gasteiger partial charge >= 0.3 is 29.6 Å². The summed E-state index contributed by atoms with van der Waals surface area (Å²) < 4.78 is 0. The zero-order valence-electron chi connectivity index (χ0n) is 2.33. The third-order valence-corrected chi connectivity index (χ3v) is 0. The van der Waals surface area contributed by atoms with Gasteiger partial charge in [-0.25, -0.2) is 0 Å². The molecule has 0 nitrogen and oxygen atoms in total. The number of hydrogen-bond donors (Lipinski definition) is 0. The zero-order chi connectivity index (χ0) is 2.71. The molecule has 0 amide bonds. The Labute approximate surface area is 57.8 Å². The Morgan fingerprint density at radius 1 is 1.25 bits per heavy atom. The van der Waals surface area contributed by atoms with Crippen molar-refractivity contribution in [2.75, 3.05) is 0 Å². The van der Waals surface area contributed by atoms with Crippen LogP contribution in [0.2, 0.25) is 0 Å². The zero-order valence-corrected chi connectivity index (χ0v) is 5.85. The van der Waals surface area contributed by atoms with Crippen LogP contribution in [0.3, 0.4) is 0 Å². The maximum Gasteiger partial charge on any atom is 1.00 e. The summed E-state index contributed by atoms with van der Waals surface area (Å²) in [4.78, 5) is 0. The average molecular weight is 107 g/mol. The van der Waals surface area contributed by atoms with Gasteiger partial charge in [0, 0.05) is 0 Å². The van der Waals surface area contributed by atoms with Gasteiger partial charge in [0.05, 0.1) is 0 Å². The van der Waals surface area contributed by atoms with Gasteiger partial charge in [-0.05, 0) is 0 Å². The summed E-state index contributed by atoms with van der Waals surface area (Å²) in [6.07, 6.45) is 0. The third-order valence-electron chi connectivity index (χ3n) is 0. The molecule has 0 aromatic heterocycles. The smallest absolute Gasteiger partial charge is 0.333 e. The van der Waals surface area contributed by atoms with Gasteiger partial charge in [-0.1, -0.05) is 0 Å². The van der Waals surface area contributed by atoms with E-state index in [4.69, 9.17) is 0 Å². The maximum absolute atomic E-state index is 4.64. The average Bonchev–Trinajstić information content (AvgIpc) is 0.918.